The van der Waals surface area contributed by atoms with Gasteiger partial charge in [0.15, 0.2) is 5.25 Å². The molecule has 0 bridgehead atoms. The Morgan fingerprint density at radius 1 is 0.920 bits per heavy atom. The number of carbonyl (C=O) groups is 1. The molecule has 0 heterocycles. The van der Waals surface area contributed by atoms with Crippen molar-refractivity contribution in [2.45, 2.75) is 11.7 Å². The molecule has 5 nitrogen and oxygen atoms in total. The van der Waals surface area contributed by atoms with Crippen LogP contribution >= 0.6 is 0 Å². The number of anilines is 1. The lowest BCUT2D eigenvalue weighted by atomic mass is 10.1. The van der Waals surface area contributed by atoms with E-state index in [4.69, 9.17) is 0 Å². The van der Waals surface area contributed by atoms with Gasteiger partial charge in [0, 0.05) is 11.8 Å². The molecule has 0 spiro atoms. The molecule has 2 N–H and O–H groups in total. The lowest BCUT2D eigenvalue weighted by Gasteiger charge is -2.16. The normalized spacial score (nSPS) is 12.6. The summed E-state index contributed by atoms with van der Waals surface area (Å²) in [5.41, 5.74) is 1.02. The van der Waals surface area contributed by atoms with Gasteiger partial charge >= 0.3 is 5.97 Å². The van der Waals surface area contributed by atoms with Crippen LogP contribution in [0.1, 0.15) is 5.56 Å². The monoisotopic (exact) mass is 355 g/mol. The second-order valence-corrected chi connectivity index (χ2v) is 7.55. The van der Waals surface area contributed by atoms with Crippen molar-refractivity contribution in [3.05, 3.63) is 78.4 Å². The van der Waals surface area contributed by atoms with E-state index in [1.165, 1.54) is 0 Å². The molecule has 0 aliphatic rings. The van der Waals surface area contributed by atoms with Gasteiger partial charge in [-0.05, 0) is 17.0 Å². The number of carboxylic acid groups (broad SMARTS) is 1. The van der Waals surface area contributed by atoms with Crippen LogP contribution in [0.3, 0.4) is 0 Å². The second-order valence-electron chi connectivity index (χ2n) is 5.69. The molecule has 1 atom stereocenters. The zero-order chi connectivity index (χ0) is 17.9. The molecule has 0 saturated carbocycles. The molecular weight excluding hydrogens is 338 g/mol. The molecule has 0 unspecified atom stereocenters. The van der Waals surface area contributed by atoms with E-state index >= 15 is 0 Å². The average Bonchev–Trinajstić information content (AvgIpc) is 2.60. The van der Waals surface area contributed by atoms with Crippen LogP contribution in [0.25, 0.3) is 10.8 Å². The van der Waals surface area contributed by atoms with E-state index in [2.05, 4.69) is 4.72 Å². The molecule has 25 heavy (non-hydrogen) atoms. The predicted octanol–water partition coefficient (Wildman–Crippen LogP) is 3.28. The summed E-state index contributed by atoms with van der Waals surface area (Å²) in [4.78, 5) is 11.6. The number of aliphatic carboxylic acids is 1. The minimum atomic E-state index is -4.11. The lowest BCUT2D eigenvalue weighted by Crippen LogP contribution is -2.36. The van der Waals surface area contributed by atoms with Crippen molar-refractivity contribution in [2.75, 3.05) is 4.72 Å². The minimum absolute atomic E-state index is 0.101. The van der Waals surface area contributed by atoms with Crippen LogP contribution < -0.4 is 4.72 Å². The maximum Gasteiger partial charge on any atom is 0.324 e. The average molecular weight is 355 g/mol. The van der Waals surface area contributed by atoms with Crippen LogP contribution in [0.2, 0.25) is 0 Å². The summed E-state index contributed by atoms with van der Waals surface area (Å²) in [6, 6.07) is 21.3. The van der Waals surface area contributed by atoms with Gasteiger partial charge in [0.2, 0.25) is 10.0 Å². The van der Waals surface area contributed by atoms with Gasteiger partial charge in [0.05, 0.1) is 5.69 Å². The van der Waals surface area contributed by atoms with E-state index in [9.17, 15) is 18.3 Å². The fourth-order valence-corrected chi connectivity index (χ4v) is 4.00. The molecular formula is C19H17NO4S. The highest BCUT2D eigenvalue weighted by atomic mass is 32.2. The van der Waals surface area contributed by atoms with Crippen molar-refractivity contribution in [2.24, 2.45) is 0 Å². The third kappa shape index (κ3) is 3.80. The van der Waals surface area contributed by atoms with Crippen LogP contribution in [0.5, 0.6) is 0 Å². The molecule has 3 rings (SSSR count). The zero-order valence-electron chi connectivity index (χ0n) is 13.3. The van der Waals surface area contributed by atoms with Crippen molar-refractivity contribution in [3.8, 4) is 0 Å². The lowest BCUT2D eigenvalue weighted by molar-refractivity contribution is -0.136. The smallest absolute Gasteiger partial charge is 0.324 e. The highest BCUT2D eigenvalue weighted by molar-refractivity contribution is 7.94. The predicted molar refractivity (Wildman–Crippen MR) is 98.1 cm³/mol. The summed E-state index contributed by atoms with van der Waals surface area (Å²) in [7, 11) is -4.11. The van der Waals surface area contributed by atoms with Crippen LogP contribution in [-0.4, -0.2) is 24.7 Å². The Labute approximate surface area is 146 Å². The molecule has 0 aromatic heterocycles. The second kappa shape index (κ2) is 6.94. The number of hydrogen-bond acceptors (Lipinski definition) is 3. The van der Waals surface area contributed by atoms with Crippen molar-refractivity contribution in [3.63, 3.8) is 0 Å². The third-order valence-corrected chi connectivity index (χ3v) is 5.58. The van der Waals surface area contributed by atoms with Gasteiger partial charge in [-0.3, -0.25) is 9.52 Å². The molecule has 0 fully saturated rings. The number of hydrogen-bond donors (Lipinski definition) is 2. The van der Waals surface area contributed by atoms with Gasteiger partial charge in [-0.1, -0.05) is 66.7 Å². The van der Waals surface area contributed by atoms with Crippen molar-refractivity contribution < 1.29 is 18.3 Å². The fourth-order valence-electron chi connectivity index (χ4n) is 2.70. The first-order chi connectivity index (χ1) is 12.0. The topological polar surface area (TPSA) is 83.5 Å². The van der Waals surface area contributed by atoms with Crippen molar-refractivity contribution in [1.29, 1.82) is 0 Å². The Morgan fingerprint density at radius 2 is 1.56 bits per heavy atom. The number of benzene rings is 3. The highest BCUT2D eigenvalue weighted by Gasteiger charge is 2.33. The Kier molecular flexibility index (Phi) is 4.72. The Bertz CT molecular complexity index is 995. The minimum Gasteiger partial charge on any atom is -0.480 e. The van der Waals surface area contributed by atoms with E-state index in [0.29, 0.717) is 11.3 Å². The van der Waals surface area contributed by atoms with Crippen LogP contribution in [-0.2, 0) is 21.2 Å². The molecule has 6 heteroatoms. The standard InChI is InChI=1S/C19H17NO4S/c21-19(22)18(13-14-7-2-1-3-8-14)25(23,24)20-17-12-6-10-15-9-4-5-11-16(15)17/h1-12,18,20H,13H2,(H,21,22)/t18-/m1/s1. The molecule has 0 aliphatic carbocycles. The summed E-state index contributed by atoms with van der Waals surface area (Å²) in [6.07, 6.45) is -0.101. The molecule has 0 aliphatic heterocycles. The number of fused-ring (bicyclic) bond motifs is 1. The molecule has 3 aromatic rings. The van der Waals surface area contributed by atoms with Crippen molar-refractivity contribution >= 4 is 32.5 Å². The molecule has 0 saturated heterocycles. The highest BCUT2D eigenvalue weighted by Crippen LogP contribution is 2.25. The van der Waals surface area contributed by atoms with E-state index in [-0.39, 0.29) is 6.42 Å². The van der Waals surface area contributed by atoms with Gasteiger partial charge in [-0.25, -0.2) is 8.42 Å². The van der Waals surface area contributed by atoms with Crippen LogP contribution in [0, 0.1) is 0 Å². The quantitative estimate of drug-likeness (QED) is 0.711. The van der Waals surface area contributed by atoms with E-state index in [1.54, 1.807) is 54.6 Å². The number of carboxylic acids is 1. The van der Waals surface area contributed by atoms with Crippen molar-refractivity contribution in [1.82, 2.24) is 0 Å². The van der Waals surface area contributed by atoms with Gasteiger partial charge in [-0.15, -0.1) is 0 Å². The van der Waals surface area contributed by atoms with Gasteiger partial charge in [-0.2, -0.15) is 0 Å². The molecule has 3 aromatic carbocycles. The zero-order valence-corrected chi connectivity index (χ0v) is 14.1. The number of rotatable bonds is 6. The van der Waals surface area contributed by atoms with Gasteiger partial charge in [0.25, 0.3) is 0 Å². The molecule has 128 valence electrons. The van der Waals surface area contributed by atoms with Crippen LogP contribution in [0.4, 0.5) is 5.69 Å². The van der Waals surface area contributed by atoms with Crippen LogP contribution in [0.15, 0.2) is 72.8 Å². The summed E-state index contributed by atoms with van der Waals surface area (Å²) >= 11 is 0. The summed E-state index contributed by atoms with van der Waals surface area (Å²) in [5, 5.41) is 9.46. The van der Waals surface area contributed by atoms with Gasteiger partial charge < -0.3 is 5.11 Å². The Balaban J connectivity index is 1.94. The van der Waals surface area contributed by atoms with E-state index < -0.39 is 21.2 Å². The summed E-state index contributed by atoms with van der Waals surface area (Å²) in [5.74, 6) is -1.38. The van der Waals surface area contributed by atoms with E-state index in [1.807, 2.05) is 18.2 Å². The molecule has 0 amide bonds. The first-order valence-corrected chi connectivity index (χ1v) is 9.28. The first kappa shape index (κ1) is 17.0. The summed E-state index contributed by atoms with van der Waals surface area (Å²) < 4.78 is 27.8. The largest absolute Gasteiger partial charge is 0.480 e. The van der Waals surface area contributed by atoms with Gasteiger partial charge in [0.1, 0.15) is 0 Å². The third-order valence-electron chi connectivity index (χ3n) is 3.96. The van der Waals surface area contributed by atoms with E-state index in [0.717, 1.165) is 10.8 Å². The maximum absolute atomic E-state index is 12.7. The number of sulfonamides is 1. The first-order valence-electron chi connectivity index (χ1n) is 7.73. The Hall–Kier alpha value is -2.86. The Morgan fingerprint density at radius 3 is 2.28 bits per heavy atom. The maximum atomic E-state index is 12.7. The summed E-state index contributed by atoms with van der Waals surface area (Å²) in [6.45, 7) is 0. The fraction of sp³-hybridized carbons (Fsp3) is 0.105. The SMILES string of the molecule is O=C(O)[C@@H](Cc1ccccc1)S(=O)(=O)Nc1cccc2ccccc12. The number of nitrogens with one attached hydrogen (secondary N) is 1. The molecule has 0 radical (unpaired) electrons.